The number of thioether (sulfide) groups is 1. The van der Waals surface area contributed by atoms with Crippen LogP contribution in [0, 0.1) is 0 Å². The molecule has 4 aliphatic heterocycles. The number of hydrogen-bond acceptors (Lipinski definition) is 5. The maximum absolute atomic E-state index is 12.8. The van der Waals surface area contributed by atoms with E-state index >= 15 is 0 Å². The van der Waals surface area contributed by atoms with Gasteiger partial charge in [-0.1, -0.05) is 12.1 Å². The second kappa shape index (κ2) is 8.42. The molecule has 0 unspecified atom stereocenters. The maximum atomic E-state index is 12.8. The third-order valence-electron chi connectivity index (χ3n) is 6.72. The molecule has 1 aromatic carbocycles. The maximum Gasteiger partial charge on any atom is 0.248 e. The molecular weight excluding hydrogens is 400 g/mol. The van der Waals surface area contributed by atoms with Crippen molar-refractivity contribution in [2.24, 2.45) is 0 Å². The summed E-state index contributed by atoms with van der Waals surface area (Å²) in [7, 11) is 0. The van der Waals surface area contributed by atoms with Gasteiger partial charge in [-0.25, -0.2) is 0 Å². The fraction of sp³-hybridized carbons (Fsp3) is 0.652. The average Bonchev–Trinajstić information content (AvgIpc) is 3.41. The van der Waals surface area contributed by atoms with Crippen LogP contribution < -0.4 is 4.74 Å². The smallest absolute Gasteiger partial charge is 0.248 e. The van der Waals surface area contributed by atoms with Crippen molar-refractivity contribution in [3.8, 4) is 5.75 Å². The highest BCUT2D eigenvalue weighted by Crippen LogP contribution is 2.46. The predicted molar refractivity (Wildman–Crippen MR) is 116 cm³/mol. The van der Waals surface area contributed by atoms with Crippen LogP contribution >= 0.6 is 11.8 Å². The Balaban J connectivity index is 1.07. The van der Waals surface area contributed by atoms with Crippen LogP contribution in [0.1, 0.15) is 36.8 Å². The van der Waals surface area contributed by atoms with Gasteiger partial charge < -0.3 is 19.3 Å². The summed E-state index contributed by atoms with van der Waals surface area (Å²) in [5.74, 6) is 2.21. The Bertz CT molecular complexity index is 817. The van der Waals surface area contributed by atoms with E-state index in [4.69, 9.17) is 9.47 Å². The molecule has 4 aliphatic rings. The number of carbonyl (C=O) groups is 2. The molecule has 0 radical (unpaired) electrons. The molecule has 1 spiro atoms. The molecule has 0 aromatic heterocycles. The first kappa shape index (κ1) is 20.2. The molecule has 1 atom stereocenters. The van der Waals surface area contributed by atoms with Crippen molar-refractivity contribution in [1.29, 1.82) is 0 Å². The lowest BCUT2D eigenvalue weighted by Crippen LogP contribution is -2.61. The quantitative estimate of drug-likeness (QED) is 0.717. The molecule has 0 bridgehead atoms. The molecule has 2 amide bonds. The van der Waals surface area contributed by atoms with E-state index in [2.05, 4.69) is 6.07 Å². The first-order valence-corrected chi connectivity index (χ1v) is 12.1. The number of amides is 2. The Morgan fingerprint density at radius 1 is 1.13 bits per heavy atom. The van der Waals surface area contributed by atoms with Gasteiger partial charge in [-0.3, -0.25) is 9.59 Å². The first-order valence-electron chi connectivity index (χ1n) is 11.2. The molecule has 7 heteroatoms. The third-order valence-corrected chi connectivity index (χ3v) is 8.29. The second-order valence-electron chi connectivity index (χ2n) is 9.04. The molecule has 5 rings (SSSR count). The summed E-state index contributed by atoms with van der Waals surface area (Å²) in [5, 5.41) is 0. The monoisotopic (exact) mass is 430 g/mol. The van der Waals surface area contributed by atoms with E-state index in [0.29, 0.717) is 6.42 Å². The van der Waals surface area contributed by atoms with Gasteiger partial charge in [-0.15, -0.1) is 11.8 Å². The van der Waals surface area contributed by atoms with E-state index in [-0.39, 0.29) is 29.3 Å². The number of nitrogens with zero attached hydrogens (tertiary/aromatic N) is 2. The summed E-state index contributed by atoms with van der Waals surface area (Å²) in [4.78, 5) is 28.8. The predicted octanol–water partition coefficient (Wildman–Crippen LogP) is 2.28. The molecule has 0 aliphatic carbocycles. The second-order valence-corrected chi connectivity index (χ2v) is 10.5. The van der Waals surface area contributed by atoms with Crippen molar-refractivity contribution in [2.45, 2.75) is 49.4 Å². The standard InChI is InChI=1S/C23H30N2O4S/c26-21(11-17-5-6-20-18(10-17)4-3-9-28-20)25-15-23(16-25)12-19(14-30-23)29-13-22(27)24-7-1-2-8-24/h5-6,10,19H,1-4,7-9,11-16H2/t19-/m1/s1. The van der Waals surface area contributed by atoms with Crippen LogP contribution in [0.2, 0.25) is 0 Å². The van der Waals surface area contributed by atoms with E-state index in [9.17, 15) is 9.59 Å². The number of carbonyl (C=O) groups excluding carboxylic acids is 2. The van der Waals surface area contributed by atoms with Crippen molar-refractivity contribution in [2.75, 3.05) is 45.1 Å². The van der Waals surface area contributed by atoms with Gasteiger partial charge in [-0.05, 0) is 49.3 Å². The number of fused-ring (bicyclic) bond motifs is 1. The molecular formula is C23H30N2O4S. The Kier molecular flexibility index (Phi) is 5.67. The Hall–Kier alpha value is -1.73. The Morgan fingerprint density at radius 3 is 2.80 bits per heavy atom. The van der Waals surface area contributed by atoms with Crippen LogP contribution in [-0.4, -0.2) is 77.6 Å². The number of rotatable bonds is 5. The average molecular weight is 431 g/mol. The SMILES string of the molecule is O=C(CO[C@H]1CSC2(C1)CN(C(=O)Cc1ccc3c(c1)CCCO3)C2)N1CCCC1. The zero-order chi connectivity index (χ0) is 20.6. The van der Waals surface area contributed by atoms with Crippen molar-refractivity contribution in [3.05, 3.63) is 29.3 Å². The van der Waals surface area contributed by atoms with Crippen molar-refractivity contribution in [1.82, 2.24) is 9.80 Å². The van der Waals surface area contributed by atoms with Crippen LogP contribution in [0.5, 0.6) is 5.75 Å². The van der Waals surface area contributed by atoms with Gasteiger partial charge in [0.1, 0.15) is 12.4 Å². The molecule has 3 fully saturated rings. The molecule has 162 valence electrons. The summed E-state index contributed by atoms with van der Waals surface area (Å²) >= 11 is 1.91. The van der Waals surface area contributed by atoms with Gasteiger partial charge in [0, 0.05) is 31.9 Å². The molecule has 1 aromatic rings. The largest absolute Gasteiger partial charge is 0.493 e. The molecule has 0 N–H and O–H groups in total. The minimum Gasteiger partial charge on any atom is -0.493 e. The fourth-order valence-electron chi connectivity index (χ4n) is 5.01. The van der Waals surface area contributed by atoms with Crippen LogP contribution in [0.3, 0.4) is 0 Å². The Labute approximate surface area is 182 Å². The zero-order valence-electron chi connectivity index (χ0n) is 17.4. The molecule has 6 nitrogen and oxygen atoms in total. The van der Waals surface area contributed by atoms with Crippen LogP contribution in [0.15, 0.2) is 18.2 Å². The fourth-order valence-corrected chi connectivity index (χ4v) is 6.56. The summed E-state index contributed by atoms with van der Waals surface area (Å²) < 4.78 is 11.7. The highest BCUT2D eigenvalue weighted by Gasteiger charge is 2.50. The first-order chi connectivity index (χ1) is 14.6. The topological polar surface area (TPSA) is 59.1 Å². The third kappa shape index (κ3) is 4.19. The van der Waals surface area contributed by atoms with Gasteiger partial charge in [0.2, 0.25) is 11.8 Å². The molecule has 4 heterocycles. The van der Waals surface area contributed by atoms with Gasteiger partial charge in [0.05, 0.1) is 23.9 Å². The van der Waals surface area contributed by atoms with Crippen molar-refractivity contribution < 1.29 is 19.1 Å². The molecule has 30 heavy (non-hydrogen) atoms. The normalized spacial score (nSPS) is 24.5. The number of likely N-dealkylation sites (tertiary alicyclic amines) is 2. The number of hydrogen-bond donors (Lipinski definition) is 0. The van der Waals surface area contributed by atoms with Gasteiger partial charge in [0.15, 0.2) is 0 Å². The minimum absolute atomic E-state index is 0.124. The highest BCUT2D eigenvalue weighted by molar-refractivity contribution is 8.01. The van der Waals surface area contributed by atoms with E-state index < -0.39 is 0 Å². The van der Waals surface area contributed by atoms with Gasteiger partial charge >= 0.3 is 0 Å². The van der Waals surface area contributed by atoms with Gasteiger partial charge in [0.25, 0.3) is 0 Å². The summed E-state index contributed by atoms with van der Waals surface area (Å²) in [6, 6.07) is 6.16. The highest BCUT2D eigenvalue weighted by atomic mass is 32.2. The van der Waals surface area contributed by atoms with Crippen LogP contribution in [0.4, 0.5) is 0 Å². The van der Waals surface area contributed by atoms with Crippen molar-refractivity contribution in [3.63, 3.8) is 0 Å². The molecule has 0 saturated carbocycles. The number of ether oxygens (including phenoxy) is 2. The van der Waals surface area contributed by atoms with Crippen LogP contribution in [-0.2, 0) is 27.2 Å². The number of aryl methyl sites for hydroxylation is 1. The Morgan fingerprint density at radius 2 is 1.97 bits per heavy atom. The zero-order valence-corrected chi connectivity index (χ0v) is 18.3. The van der Waals surface area contributed by atoms with Gasteiger partial charge in [-0.2, -0.15) is 0 Å². The molecule has 3 saturated heterocycles. The van der Waals surface area contributed by atoms with E-state index in [0.717, 1.165) is 82.0 Å². The van der Waals surface area contributed by atoms with E-state index in [1.54, 1.807) is 0 Å². The van der Waals surface area contributed by atoms with E-state index in [1.807, 2.05) is 33.7 Å². The summed E-state index contributed by atoms with van der Waals surface area (Å²) in [6.45, 7) is 4.33. The van der Waals surface area contributed by atoms with Crippen LogP contribution in [0.25, 0.3) is 0 Å². The summed E-state index contributed by atoms with van der Waals surface area (Å²) in [6.07, 6.45) is 5.81. The minimum atomic E-state index is 0.124. The van der Waals surface area contributed by atoms with Crippen molar-refractivity contribution >= 4 is 23.6 Å². The lowest BCUT2D eigenvalue weighted by molar-refractivity contribution is -0.137. The summed E-state index contributed by atoms with van der Waals surface area (Å²) in [5.41, 5.74) is 2.30. The lowest BCUT2D eigenvalue weighted by Gasteiger charge is -2.47. The van der Waals surface area contributed by atoms with E-state index in [1.165, 1.54) is 5.56 Å². The number of benzene rings is 1. The lowest BCUT2D eigenvalue weighted by atomic mass is 9.92.